The highest BCUT2D eigenvalue weighted by molar-refractivity contribution is 6.01. The summed E-state index contributed by atoms with van der Waals surface area (Å²) in [5.41, 5.74) is -4.59. The van der Waals surface area contributed by atoms with E-state index < -0.39 is 34.1 Å². The number of hydrogen-bond donors (Lipinski definition) is 2. The van der Waals surface area contributed by atoms with Crippen LogP contribution in [-0.4, -0.2) is 39.2 Å². The molecule has 0 aliphatic heterocycles. The predicted molar refractivity (Wildman–Crippen MR) is 98.5 cm³/mol. The average Bonchev–Trinajstić information content (AvgIpc) is 2.85. The van der Waals surface area contributed by atoms with Gasteiger partial charge in [-0.2, -0.15) is 0 Å². The van der Waals surface area contributed by atoms with Crippen LogP contribution >= 0.6 is 0 Å². The highest BCUT2D eigenvalue weighted by Gasteiger charge is 2.74. The second-order valence-corrected chi connectivity index (χ2v) is 9.75. The van der Waals surface area contributed by atoms with Crippen LogP contribution in [0.2, 0.25) is 0 Å². The first kappa shape index (κ1) is 19.0. The Morgan fingerprint density at radius 3 is 2.59 bits per heavy atom. The van der Waals surface area contributed by atoms with Gasteiger partial charge in [0.15, 0.2) is 17.2 Å². The molecule has 0 spiro atoms. The fraction of sp³-hybridized carbons (Fsp3) is 0.727. The van der Waals surface area contributed by atoms with Gasteiger partial charge in [-0.3, -0.25) is 9.59 Å². The summed E-state index contributed by atoms with van der Waals surface area (Å²) in [5.74, 6) is -1.11. The second kappa shape index (κ2) is 5.38. The number of ketones is 2. The fourth-order valence-electron chi connectivity index (χ4n) is 7.18. The number of alkyl halides is 1. The van der Waals surface area contributed by atoms with Gasteiger partial charge in [0.25, 0.3) is 0 Å². The van der Waals surface area contributed by atoms with Gasteiger partial charge < -0.3 is 10.2 Å². The smallest absolute Gasteiger partial charge is 0.178 e. The topological polar surface area (TPSA) is 74.6 Å². The van der Waals surface area contributed by atoms with E-state index in [1.807, 2.05) is 13.8 Å². The first-order valence-corrected chi connectivity index (χ1v) is 9.97. The van der Waals surface area contributed by atoms with Gasteiger partial charge in [0.2, 0.25) is 0 Å². The highest BCUT2D eigenvalue weighted by Crippen LogP contribution is 2.70. The summed E-state index contributed by atoms with van der Waals surface area (Å²) in [6, 6.07) is 0. The number of fused-ring (bicyclic) bond motifs is 5. The molecule has 4 rings (SSSR count). The predicted octanol–water partition coefficient (Wildman–Crippen LogP) is 2.92. The summed E-state index contributed by atoms with van der Waals surface area (Å²) in [6.45, 7) is 7.01. The molecule has 148 valence electrons. The van der Waals surface area contributed by atoms with Crippen LogP contribution in [0.1, 0.15) is 53.4 Å². The molecule has 0 unspecified atom stereocenters. The summed E-state index contributed by atoms with van der Waals surface area (Å²) in [5, 5.41) is 22.3. The minimum atomic E-state index is -1.92. The zero-order valence-corrected chi connectivity index (χ0v) is 16.5. The Balaban J connectivity index is 1.86. The molecule has 5 heteroatoms. The summed E-state index contributed by atoms with van der Waals surface area (Å²) >= 11 is 0. The van der Waals surface area contributed by atoms with Gasteiger partial charge >= 0.3 is 0 Å². The molecule has 0 aromatic heterocycles. The Labute approximate surface area is 159 Å². The van der Waals surface area contributed by atoms with Gasteiger partial charge in [0.1, 0.15) is 5.60 Å². The molecule has 3 saturated carbocycles. The van der Waals surface area contributed by atoms with E-state index in [1.54, 1.807) is 13.0 Å². The molecule has 4 aliphatic rings. The maximum absolute atomic E-state index is 16.9. The van der Waals surface area contributed by atoms with E-state index in [9.17, 15) is 19.8 Å². The number of allylic oxidation sites excluding steroid dienone is 4. The van der Waals surface area contributed by atoms with E-state index >= 15 is 4.39 Å². The lowest BCUT2D eigenvalue weighted by Gasteiger charge is -2.63. The molecule has 27 heavy (non-hydrogen) atoms. The van der Waals surface area contributed by atoms with Crippen LogP contribution in [0.5, 0.6) is 0 Å². The Kier molecular flexibility index (Phi) is 3.79. The molecule has 0 aromatic rings. The van der Waals surface area contributed by atoms with Crippen LogP contribution in [-0.2, 0) is 9.59 Å². The first-order valence-electron chi connectivity index (χ1n) is 9.97. The maximum atomic E-state index is 16.9. The van der Waals surface area contributed by atoms with E-state index in [-0.39, 0.29) is 29.8 Å². The highest BCUT2D eigenvalue weighted by atomic mass is 19.1. The van der Waals surface area contributed by atoms with Gasteiger partial charge in [-0.05, 0) is 63.5 Å². The van der Waals surface area contributed by atoms with Crippen molar-refractivity contribution in [3.8, 4) is 0 Å². The standard InChI is InChI=1S/C22H29FO4/c1-12-9-17-15-6-8-21(27,13(2)24)20(15,4)11-18(26)22(17,23)19(3)7-5-14(25)10-16(12)19/h5,7,10,12,15,17-18,26-27H,6,8-9,11H2,1-4H3/t12-,15-,17-,18-,19-,20-,21+,22-/m0/s1. The third-order valence-corrected chi connectivity index (χ3v) is 8.70. The molecule has 0 bridgehead atoms. The van der Waals surface area contributed by atoms with E-state index in [1.165, 1.54) is 19.1 Å². The normalized spacial score (nSPS) is 54.0. The van der Waals surface area contributed by atoms with E-state index in [0.717, 1.165) is 5.57 Å². The van der Waals surface area contributed by atoms with Gasteiger partial charge in [-0.15, -0.1) is 0 Å². The van der Waals surface area contributed by atoms with E-state index in [4.69, 9.17) is 0 Å². The summed E-state index contributed by atoms with van der Waals surface area (Å²) in [6.07, 6.45) is 4.68. The minimum absolute atomic E-state index is 0.00153. The van der Waals surface area contributed by atoms with Crippen LogP contribution in [0.3, 0.4) is 0 Å². The van der Waals surface area contributed by atoms with Crippen LogP contribution in [0, 0.1) is 28.6 Å². The van der Waals surface area contributed by atoms with Crippen molar-refractivity contribution in [2.75, 3.05) is 0 Å². The Morgan fingerprint density at radius 1 is 1.30 bits per heavy atom. The number of carbonyl (C=O) groups is 2. The van der Waals surface area contributed by atoms with Crippen molar-refractivity contribution >= 4 is 11.6 Å². The zero-order chi connectivity index (χ0) is 20.0. The quantitative estimate of drug-likeness (QED) is 0.738. The average molecular weight is 376 g/mol. The van der Waals surface area contributed by atoms with E-state index in [2.05, 4.69) is 0 Å². The Hall–Kier alpha value is -1.33. The molecule has 0 heterocycles. The maximum Gasteiger partial charge on any atom is 0.178 e. The SMILES string of the molecule is CC(=O)[C@]1(O)CC[C@H]2[C@@H]3C[C@H](C)C4=CC(=O)C=C[C@]4(C)[C@@]3(F)[C@@H](O)C[C@@]21C. The molecule has 3 fully saturated rings. The largest absolute Gasteiger partial charge is 0.390 e. The van der Waals surface area contributed by atoms with Crippen molar-refractivity contribution in [3.63, 3.8) is 0 Å². The van der Waals surface area contributed by atoms with Crippen LogP contribution < -0.4 is 0 Å². The zero-order valence-electron chi connectivity index (χ0n) is 16.5. The molecule has 0 amide bonds. The Bertz CT molecular complexity index is 787. The van der Waals surface area contributed by atoms with Gasteiger partial charge in [-0.1, -0.05) is 25.5 Å². The lowest BCUT2D eigenvalue weighted by molar-refractivity contribution is -0.219. The van der Waals surface area contributed by atoms with Crippen LogP contribution in [0.25, 0.3) is 0 Å². The lowest BCUT2D eigenvalue weighted by atomic mass is 9.43. The summed E-state index contributed by atoms with van der Waals surface area (Å²) in [7, 11) is 0. The molecular weight excluding hydrogens is 347 g/mol. The number of aliphatic hydroxyl groups excluding tert-OH is 1. The lowest BCUT2D eigenvalue weighted by Crippen LogP contribution is -2.69. The number of aliphatic hydroxyl groups is 2. The van der Waals surface area contributed by atoms with Crippen molar-refractivity contribution in [3.05, 3.63) is 23.8 Å². The van der Waals surface area contributed by atoms with Crippen molar-refractivity contribution < 1.29 is 24.2 Å². The number of Topliss-reactive ketones (excluding diaryl/α,β-unsaturated/α-hetero) is 1. The van der Waals surface area contributed by atoms with Gasteiger partial charge in [0, 0.05) is 16.7 Å². The number of rotatable bonds is 1. The third kappa shape index (κ3) is 2.00. The van der Waals surface area contributed by atoms with Crippen molar-refractivity contribution in [2.45, 2.75) is 70.8 Å². The summed E-state index contributed by atoms with van der Waals surface area (Å²) in [4.78, 5) is 24.2. The first-order chi connectivity index (χ1) is 12.4. The molecule has 4 aliphatic carbocycles. The van der Waals surface area contributed by atoms with Crippen LogP contribution in [0.4, 0.5) is 4.39 Å². The third-order valence-electron chi connectivity index (χ3n) is 8.70. The number of halogens is 1. The molecular formula is C22H29FO4. The molecule has 0 aromatic carbocycles. The fourth-order valence-corrected chi connectivity index (χ4v) is 7.18. The summed E-state index contributed by atoms with van der Waals surface area (Å²) < 4.78 is 16.9. The van der Waals surface area contributed by atoms with Crippen LogP contribution in [0.15, 0.2) is 23.8 Å². The number of hydrogen-bond acceptors (Lipinski definition) is 4. The Morgan fingerprint density at radius 2 is 1.96 bits per heavy atom. The molecule has 2 N–H and O–H groups in total. The van der Waals surface area contributed by atoms with Gasteiger partial charge in [0.05, 0.1) is 6.10 Å². The molecule has 0 saturated heterocycles. The minimum Gasteiger partial charge on any atom is -0.390 e. The number of carbonyl (C=O) groups excluding carboxylic acids is 2. The molecule has 8 atom stereocenters. The van der Waals surface area contributed by atoms with Crippen molar-refractivity contribution in [1.29, 1.82) is 0 Å². The van der Waals surface area contributed by atoms with E-state index in [0.29, 0.717) is 19.3 Å². The van der Waals surface area contributed by atoms with Crippen molar-refractivity contribution in [2.24, 2.45) is 28.6 Å². The molecule has 0 radical (unpaired) electrons. The monoisotopic (exact) mass is 376 g/mol. The second-order valence-electron chi connectivity index (χ2n) is 9.75. The molecule has 4 nitrogen and oxygen atoms in total. The van der Waals surface area contributed by atoms with Gasteiger partial charge in [-0.25, -0.2) is 4.39 Å². The van der Waals surface area contributed by atoms with Crippen molar-refractivity contribution in [1.82, 2.24) is 0 Å².